The van der Waals surface area contributed by atoms with Gasteiger partial charge in [0.25, 0.3) is 0 Å². The summed E-state index contributed by atoms with van der Waals surface area (Å²) in [6, 6.07) is 6.99. The van der Waals surface area contributed by atoms with Gasteiger partial charge in [0.05, 0.1) is 12.8 Å². The van der Waals surface area contributed by atoms with Crippen LogP contribution in [-0.4, -0.2) is 53.6 Å². The van der Waals surface area contributed by atoms with Crippen LogP contribution in [0.4, 0.5) is 5.69 Å². The lowest BCUT2D eigenvalue weighted by Crippen LogP contribution is -2.40. The molecule has 120 valence electrons. The van der Waals surface area contributed by atoms with Gasteiger partial charge in [0.2, 0.25) is 0 Å². The molecule has 0 amide bonds. The van der Waals surface area contributed by atoms with Crippen molar-refractivity contribution in [2.24, 2.45) is 0 Å². The van der Waals surface area contributed by atoms with Crippen molar-refractivity contribution in [1.29, 1.82) is 0 Å². The number of benzene rings is 1. The summed E-state index contributed by atoms with van der Waals surface area (Å²) in [5.74, 6) is 0.629. The third-order valence-electron chi connectivity index (χ3n) is 3.23. The van der Waals surface area contributed by atoms with Crippen LogP contribution in [0.25, 0.3) is 0 Å². The van der Waals surface area contributed by atoms with Crippen molar-refractivity contribution in [3.8, 4) is 5.75 Å². The van der Waals surface area contributed by atoms with Crippen molar-refractivity contribution in [2.45, 2.75) is 13.3 Å². The minimum absolute atomic E-state index is 0.476. The maximum Gasteiger partial charge on any atom is 0.303 e. The van der Waals surface area contributed by atoms with Gasteiger partial charge in [-0.1, -0.05) is 13.0 Å². The van der Waals surface area contributed by atoms with E-state index in [4.69, 9.17) is 4.74 Å². The first kappa shape index (κ1) is 17.7. The molecule has 1 aromatic carbocycles. The van der Waals surface area contributed by atoms with Gasteiger partial charge in [-0.25, -0.2) is 0 Å². The monoisotopic (exact) mass is 315 g/mol. The molecule has 1 N–H and O–H groups in total. The molecule has 0 unspecified atom stereocenters. The number of anilines is 1. The fourth-order valence-electron chi connectivity index (χ4n) is 1.87. The molecule has 0 spiro atoms. The Bertz CT molecular complexity index is 534. The topological polar surface area (TPSA) is 61.9 Å². The SMILES string of the molecule is CCNCCCN(C)S(=O)(=O)N(C)c1cccc(OC)c1. The van der Waals surface area contributed by atoms with Crippen LogP contribution in [0.5, 0.6) is 5.75 Å². The first-order chi connectivity index (χ1) is 9.93. The predicted molar refractivity (Wildman–Crippen MR) is 86.1 cm³/mol. The number of methoxy groups -OCH3 is 1. The molecule has 21 heavy (non-hydrogen) atoms. The molecule has 0 aliphatic carbocycles. The third-order valence-corrected chi connectivity index (χ3v) is 5.11. The van der Waals surface area contributed by atoms with Gasteiger partial charge in [0.1, 0.15) is 5.75 Å². The first-order valence-corrected chi connectivity index (χ1v) is 8.38. The van der Waals surface area contributed by atoms with Gasteiger partial charge in [-0.2, -0.15) is 12.7 Å². The summed E-state index contributed by atoms with van der Waals surface area (Å²) < 4.78 is 32.7. The zero-order valence-electron chi connectivity index (χ0n) is 13.2. The molecule has 0 heterocycles. The summed E-state index contributed by atoms with van der Waals surface area (Å²) in [7, 11) is 1.18. The van der Waals surface area contributed by atoms with Crippen molar-refractivity contribution in [1.82, 2.24) is 9.62 Å². The van der Waals surface area contributed by atoms with Crippen LogP contribution in [0.3, 0.4) is 0 Å². The number of hydrogen-bond donors (Lipinski definition) is 1. The van der Waals surface area contributed by atoms with E-state index in [0.29, 0.717) is 18.0 Å². The van der Waals surface area contributed by atoms with E-state index in [1.807, 2.05) is 6.92 Å². The zero-order chi connectivity index (χ0) is 15.9. The van der Waals surface area contributed by atoms with Crippen LogP contribution < -0.4 is 14.4 Å². The van der Waals surface area contributed by atoms with Crippen LogP contribution >= 0.6 is 0 Å². The van der Waals surface area contributed by atoms with Crippen molar-refractivity contribution in [3.63, 3.8) is 0 Å². The Balaban J connectivity index is 2.75. The molecule has 1 aromatic rings. The summed E-state index contributed by atoms with van der Waals surface area (Å²) in [6.45, 7) is 4.19. The number of hydrogen-bond acceptors (Lipinski definition) is 4. The molecule has 0 saturated carbocycles. The van der Waals surface area contributed by atoms with E-state index >= 15 is 0 Å². The molecular weight excluding hydrogens is 290 g/mol. The van der Waals surface area contributed by atoms with Gasteiger partial charge < -0.3 is 10.1 Å². The molecule has 0 saturated heterocycles. The lowest BCUT2D eigenvalue weighted by atomic mass is 10.3. The number of nitrogens with zero attached hydrogens (tertiary/aromatic N) is 2. The van der Waals surface area contributed by atoms with Crippen molar-refractivity contribution in [2.75, 3.05) is 45.1 Å². The Morgan fingerprint density at radius 1 is 1.29 bits per heavy atom. The Hall–Kier alpha value is -1.31. The third kappa shape index (κ3) is 4.87. The molecule has 0 radical (unpaired) electrons. The van der Waals surface area contributed by atoms with Crippen LogP contribution in [0.2, 0.25) is 0 Å². The van der Waals surface area contributed by atoms with E-state index in [2.05, 4.69) is 5.32 Å². The van der Waals surface area contributed by atoms with E-state index < -0.39 is 10.2 Å². The first-order valence-electron chi connectivity index (χ1n) is 6.98. The molecule has 6 nitrogen and oxygen atoms in total. The van der Waals surface area contributed by atoms with Crippen LogP contribution in [0, 0.1) is 0 Å². The highest BCUT2D eigenvalue weighted by Crippen LogP contribution is 2.23. The lowest BCUT2D eigenvalue weighted by Gasteiger charge is -2.26. The minimum atomic E-state index is -3.52. The van der Waals surface area contributed by atoms with Gasteiger partial charge in [-0.3, -0.25) is 4.31 Å². The Morgan fingerprint density at radius 2 is 2.00 bits per heavy atom. The minimum Gasteiger partial charge on any atom is -0.497 e. The molecule has 0 aliphatic rings. The van der Waals surface area contributed by atoms with E-state index in [1.54, 1.807) is 45.5 Å². The predicted octanol–water partition coefficient (Wildman–Crippen LogP) is 1.31. The molecule has 1 rings (SSSR count). The van der Waals surface area contributed by atoms with Gasteiger partial charge in [0.15, 0.2) is 0 Å². The fraction of sp³-hybridized carbons (Fsp3) is 0.571. The highest BCUT2D eigenvalue weighted by molar-refractivity contribution is 7.90. The highest BCUT2D eigenvalue weighted by Gasteiger charge is 2.23. The second-order valence-electron chi connectivity index (χ2n) is 4.71. The van der Waals surface area contributed by atoms with Crippen molar-refractivity contribution >= 4 is 15.9 Å². The second-order valence-corrected chi connectivity index (χ2v) is 6.77. The van der Waals surface area contributed by atoms with Crippen LogP contribution in [0.1, 0.15) is 13.3 Å². The largest absolute Gasteiger partial charge is 0.497 e. The van der Waals surface area contributed by atoms with Crippen molar-refractivity contribution < 1.29 is 13.2 Å². The molecule has 0 aliphatic heterocycles. The maximum atomic E-state index is 12.5. The Labute approximate surface area is 127 Å². The summed E-state index contributed by atoms with van der Waals surface area (Å²) in [5, 5.41) is 3.18. The molecule has 0 aromatic heterocycles. The van der Waals surface area contributed by atoms with Gasteiger partial charge in [-0.15, -0.1) is 0 Å². The van der Waals surface area contributed by atoms with E-state index in [9.17, 15) is 8.42 Å². The normalized spacial score (nSPS) is 11.7. The van der Waals surface area contributed by atoms with Crippen LogP contribution in [0.15, 0.2) is 24.3 Å². The lowest BCUT2D eigenvalue weighted by molar-refractivity contribution is 0.415. The Morgan fingerprint density at radius 3 is 2.62 bits per heavy atom. The summed E-state index contributed by atoms with van der Waals surface area (Å²) in [4.78, 5) is 0. The quantitative estimate of drug-likeness (QED) is 0.698. The standard InChI is InChI=1S/C14H25N3O3S/c1-5-15-10-7-11-16(2)21(18,19)17(3)13-8-6-9-14(12-13)20-4/h6,8-9,12,15H,5,7,10-11H2,1-4H3. The van der Waals surface area contributed by atoms with Crippen LogP contribution in [-0.2, 0) is 10.2 Å². The molecule has 0 bridgehead atoms. The highest BCUT2D eigenvalue weighted by atomic mass is 32.2. The number of ether oxygens (including phenoxy) is 1. The molecule has 0 atom stereocenters. The molecular formula is C14H25N3O3S. The summed E-state index contributed by atoms with van der Waals surface area (Å²) in [6.07, 6.45) is 0.773. The van der Waals surface area contributed by atoms with E-state index in [0.717, 1.165) is 19.5 Å². The zero-order valence-corrected chi connectivity index (χ0v) is 14.0. The Kier molecular flexibility index (Phi) is 6.94. The summed E-state index contributed by atoms with van der Waals surface area (Å²) >= 11 is 0. The number of rotatable bonds is 9. The van der Waals surface area contributed by atoms with Gasteiger partial charge in [0, 0.05) is 26.7 Å². The average molecular weight is 315 g/mol. The smallest absolute Gasteiger partial charge is 0.303 e. The molecule has 0 fully saturated rings. The van der Waals surface area contributed by atoms with Crippen molar-refractivity contribution in [3.05, 3.63) is 24.3 Å². The van der Waals surface area contributed by atoms with E-state index in [-0.39, 0.29) is 0 Å². The fourth-order valence-corrected chi connectivity index (χ4v) is 3.03. The second kappa shape index (κ2) is 8.21. The maximum absolute atomic E-state index is 12.5. The average Bonchev–Trinajstić information content (AvgIpc) is 2.50. The molecule has 7 heteroatoms. The number of nitrogens with one attached hydrogen (secondary N) is 1. The summed E-state index contributed by atoms with van der Waals surface area (Å²) in [5.41, 5.74) is 0.577. The van der Waals surface area contributed by atoms with Gasteiger partial charge in [-0.05, 0) is 31.6 Å². The van der Waals surface area contributed by atoms with Gasteiger partial charge >= 0.3 is 10.2 Å². The van der Waals surface area contributed by atoms with E-state index in [1.165, 1.54) is 8.61 Å².